The van der Waals surface area contributed by atoms with Crippen molar-refractivity contribution >= 4 is 15.9 Å². The fraction of sp³-hybridized carbons (Fsp3) is 0.278. The van der Waals surface area contributed by atoms with Gasteiger partial charge in [-0.1, -0.05) is 42.5 Å². The van der Waals surface area contributed by atoms with Crippen LogP contribution in [-0.2, 0) is 20.4 Å². The molecule has 134 valence electrons. The van der Waals surface area contributed by atoms with Gasteiger partial charge in [0.2, 0.25) is 15.9 Å². The molecule has 2 atom stereocenters. The molecule has 2 aromatic carbocycles. The molecule has 7 heteroatoms. The van der Waals surface area contributed by atoms with Gasteiger partial charge >= 0.3 is 0 Å². The average molecular weight is 361 g/mol. The summed E-state index contributed by atoms with van der Waals surface area (Å²) in [5.41, 5.74) is 6.40. The maximum absolute atomic E-state index is 12.6. The monoisotopic (exact) mass is 361 g/mol. The zero-order valence-electron chi connectivity index (χ0n) is 14.5. The number of carbonyl (C=O) groups excluding carboxylic acids is 1. The second kappa shape index (κ2) is 7.35. The van der Waals surface area contributed by atoms with Crippen molar-refractivity contribution in [3.63, 3.8) is 0 Å². The molecule has 2 aromatic rings. The zero-order valence-corrected chi connectivity index (χ0v) is 15.3. The Morgan fingerprint density at radius 1 is 1.12 bits per heavy atom. The molecule has 0 aliphatic heterocycles. The molecule has 0 aromatic heterocycles. The van der Waals surface area contributed by atoms with Crippen LogP contribution >= 0.6 is 0 Å². The molecule has 6 nitrogen and oxygen atoms in total. The van der Waals surface area contributed by atoms with E-state index < -0.39 is 21.6 Å². The highest BCUT2D eigenvalue weighted by Gasteiger charge is 2.31. The van der Waals surface area contributed by atoms with Gasteiger partial charge in [0.15, 0.2) is 0 Å². The SMILES string of the molecule is CNS(=O)(=O)c1cccc(C(C)NC(=O)C(C)(N)c2ccccc2)c1. The van der Waals surface area contributed by atoms with Crippen molar-refractivity contribution in [2.45, 2.75) is 30.3 Å². The van der Waals surface area contributed by atoms with E-state index in [0.29, 0.717) is 11.1 Å². The Labute approximate surface area is 148 Å². The fourth-order valence-corrected chi connectivity index (χ4v) is 3.20. The van der Waals surface area contributed by atoms with E-state index in [1.807, 2.05) is 18.2 Å². The van der Waals surface area contributed by atoms with Crippen molar-refractivity contribution in [3.05, 3.63) is 65.7 Å². The van der Waals surface area contributed by atoms with Gasteiger partial charge in [-0.15, -0.1) is 0 Å². The Morgan fingerprint density at radius 2 is 1.76 bits per heavy atom. The van der Waals surface area contributed by atoms with Crippen LogP contribution in [0.5, 0.6) is 0 Å². The van der Waals surface area contributed by atoms with Crippen LogP contribution in [0.25, 0.3) is 0 Å². The van der Waals surface area contributed by atoms with Crippen molar-refractivity contribution in [2.24, 2.45) is 5.73 Å². The molecule has 0 fully saturated rings. The topological polar surface area (TPSA) is 101 Å². The van der Waals surface area contributed by atoms with Crippen LogP contribution in [0.3, 0.4) is 0 Å². The molecular formula is C18H23N3O3S. The van der Waals surface area contributed by atoms with Gasteiger partial charge in [-0.2, -0.15) is 0 Å². The molecule has 0 radical (unpaired) electrons. The number of sulfonamides is 1. The van der Waals surface area contributed by atoms with E-state index in [1.54, 1.807) is 38.1 Å². The van der Waals surface area contributed by atoms with Gasteiger partial charge in [0.05, 0.1) is 10.9 Å². The molecule has 0 spiro atoms. The minimum Gasteiger partial charge on any atom is -0.348 e. The first-order valence-electron chi connectivity index (χ1n) is 7.87. The van der Waals surface area contributed by atoms with Crippen molar-refractivity contribution in [3.8, 4) is 0 Å². The Morgan fingerprint density at radius 3 is 2.36 bits per heavy atom. The number of carbonyl (C=O) groups is 1. The van der Waals surface area contributed by atoms with E-state index in [4.69, 9.17) is 5.73 Å². The maximum Gasteiger partial charge on any atom is 0.244 e. The second-order valence-corrected chi connectivity index (χ2v) is 7.93. The first kappa shape index (κ1) is 19.1. The van der Waals surface area contributed by atoms with Gasteiger partial charge in [0.1, 0.15) is 5.54 Å². The molecular weight excluding hydrogens is 338 g/mol. The van der Waals surface area contributed by atoms with Crippen molar-refractivity contribution < 1.29 is 13.2 Å². The van der Waals surface area contributed by atoms with Gasteiger partial charge in [-0.3, -0.25) is 4.79 Å². The van der Waals surface area contributed by atoms with Crippen LogP contribution < -0.4 is 15.8 Å². The van der Waals surface area contributed by atoms with Crippen LogP contribution in [0, 0.1) is 0 Å². The number of rotatable bonds is 6. The Hall–Kier alpha value is -2.22. The highest BCUT2D eigenvalue weighted by Crippen LogP contribution is 2.21. The molecule has 2 rings (SSSR count). The van der Waals surface area contributed by atoms with E-state index in [-0.39, 0.29) is 10.8 Å². The number of nitrogens with two attached hydrogens (primary N) is 1. The van der Waals surface area contributed by atoms with Gasteiger partial charge in [0, 0.05) is 0 Å². The standard InChI is InChI=1S/C18H23N3O3S/c1-13(14-8-7-11-16(12-14)25(23,24)20-3)21-17(22)18(2,19)15-9-5-4-6-10-15/h4-13,20H,19H2,1-3H3,(H,21,22). The fourth-order valence-electron chi connectivity index (χ4n) is 2.41. The minimum absolute atomic E-state index is 0.146. The summed E-state index contributed by atoms with van der Waals surface area (Å²) in [7, 11) is -2.19. The van der Waals surface area contributed by atoms with Crippen LogP contribution in [0.4, 0.5) is 0 Å². The van der Waals surface area contributed by atoms with E-state index >= 15 is 0 Å². The van der Waals surface area contributed by atoms with E-state index in [0.717, 1.165) is 0 Å². The first-order valence-corrected chi connectivity index (χ1v) is 9.35. The maximum atomic E-state index is 12.6. The molecule has 0 saturated heterocycles. The number of hydrogen-bond acceptors (Lipinski definition) is 4. The van der Waals surface area contributed by atoms with Crippen LogP contribution in [-0.4, -0.2) is 21.4 Å². The number of hydrogen-bond donors (Lipinski definition) is 3. The summed E-state index contributed by atoms with van der Waals surface area (Å²) in [6.07, 6.45) is 0. The third-order valence-corrected chi connectivity index (χ3v) is 5.54. The molecule has 0 heterocycles. The van der Waals surface area contributed by atoms with Crippen LogP contribution in [0.2, 0.25) is 0 Å². The lowest BCUT2D eigenvalue weighted by molar-refractivity contribution is -0.126. The predicted molar refractivity (Wildman–Crippen MR) is 97.2 cm³/mol. The van der Waals surface area contributed by atoms with Crippen molar-refractivity contribution in [2.75, 3.05) is 7.05 Å². The van der Waals surface area contributed by atoms with Crippen molar-refractivity contribution in [1.82, 2.24) is 10.0 Å². The summed E-state index contributed by atoms with van der Waals surface area (Å²) in [5, 5.41) is 2.85. The highest BCUT2D eigenvalue weighted by molar-refractivity contribution is 7.89. The molecule has 0 aliphatic carbocycles. The molecule has 0 saturated carbocycles. The largest absolute Gasteiger partial charge is 0.348 e. The zero-order chi connectivity index (χ0) is 18.7. The summed E-state index contributed by atoms with van der Waals surface area (Å²) < 4.78 is 26.1. The smallest absolute Gasteiger partial charge is 0.244 e. The van der Waals surface area contributed by atoms with Gasteiger partial charge < -0.3 is 11.1 Å². The van der Waals surface area contributed by atoms with E-state index in [2.05, 4.69) is 10.0 Å². The summed E-state index contributed by atoms with van der Waals surface area (Å²) in [6.45, 7) is 3.43. The molecule has 2 unspecified atom stereocenters. The van der Waals surface area contributed by atoms with Crippen LogP contribution in [0.15, 0.2) is 59.5 Å². The summed E-state index contributed by atoms with van der Waals surface area (Å²) in [4.78, 5) is 12.8. The third-order valence-electron chi connectivity index (χ3n) is 4.13. The average Bonchev–Trinajstić information content (AvgIpc) is 2.62. The molecule has 0 aliphatic rings. The Balaban J connectivity index is 2.21. The Bertz CT molecular complexity index is 849. The van der Waals surface area contributed by atoms with Gasteiger partial charge in [-0.25, -0.2) is 13.1 Å². The van der Waals surface area contributed by atoms with E-state index in [1.165, 1.54) is 19.2 Å². The van der Waals surface area contributed by atoms with Crippen molar-refractivity contribution in [1.29, 1.82) is 0 Å². The lowest BCUT2D eigenvalue weighted by Crippen LogP contribution is -2.49. The first-order chi connectivity index (χ1) is 11.7. The Kier molecular flexibility index (Phi) is 5.62. The molecule has 1 amide bonds. The summed E-state index contributed by atoms with van der Waals surface area (Å²) in [6, 6.07) is 15.1. The van der Waals surface area contributed by atoms with Gasteiger partial charge in [0.25, 0.3) is 0 Å². The number of nitrogens with one attached hydrogen (secondary N) is 2. The normalized spacial score (nSPS) is 15.2. The molecule has 0 bridgehead atoms. The summed E-state index contributed by atoms with van der Waals surface area (Å²) >= 11 is 0. The quantitative estimate of drug-likeness (QED) is 0.728. The highest BCUT2D eigenvalue weighted by atomic mass is 32.2. The predicted octanol–water partition coefficient (Wildman–Crippen LogP) is 1.65. The molecule has 4 N–H and O–H groups in total. The van der Waals surface area contributed by atoms with Gasteiger partial charge in [-0.05, 0) is 44.2 Å². The third kappa shape index (κ3) is 4.25. The number of benzene rings is 2. The lowest BCUT2D eigenvalue weighted by Gasteiger charge is -2.26. The number of amides is 1. The molecule has 25 heavy (non-hydrogen) atoms. The minimum atomic E-state index is -3.54. The second-order valence-electron chi connectivity index (χ2n) is 6.04. The summed E-state index contributed by atoms with van der Waals surface area (Å²) in [5.74, 6) is -0.340. The lowest BCUT2D eigenvalue weighted by atomic mass is 9.91. The van der Waals surface area contributed by atoms with Crippen LogP contribution in [0.1, 0.15) is 31.0 Å². The van der Waals surface area contributed by atoms with E-state index in [9.17, 15) is 13.2 Å².